The number of rotatable bonds is 5. The fourth-order valence-corrected chi connectivity index (χ4v) is 4.32. The van der Waals surface area contributed by atoms with Crippen molar-refractivity contribution in [2.24, 2.45) is 5.73 Å². The highest BCUT2D eigenvalue weighted by Crippen LogP contribution is 2.23. The summed E-state index contributed by atoms with van der Waals surface area (Å²) in [4.78, 5) is 0.313. The lowest BCUT2D eigenvalue weighted by molar-refractivity contribution is 0.0902. The second-order valence-electron chi connectivity index (χ2n) is 5.70. The van der Waals surface area contributed by atoms with Crippen LogP contribution in [0.1, 0.15) is 36.5 Å². The summed E-state index contributed by atoms with van der Waals surface area (Å²) in [7, 11) is -3.57. The zero-order valence-electron chi connectivity index (χ0n) is 12.8. The number of sulfonamides is 1. The molecule has 0 radical (unpaired) electrons. The molecule has 2 rings (SSSR count). The third-order valence-electron chi connectivity index (χ3n) is 4.07. The van der Waals surface area contributed by atoms with Crippen molar-refractivity contribution in [1.29, 1.82) is 0 Å². The van der Waals surface area contributed by atoms with Crippen LogP contribution in [0.2, 0.25) is 0 Å². The van der Waals surface area contributed by atoms with Gasteiger partial charge in [0.05, 0.1) is 11.0 Å². The first-order chi connectivity index (χ1) is 9.85. The summed E-state index contributed by atoms with van der Waals surface area (Å²) < 4.78 is 33.6. The van der Waals surface area contributed by atoms with E-state index in [4.69, 9.17) is 10.5 Å². The van der Waals surface area contributed by atoms with E-state index >= 15 is 0 Å². The van der Waals surface area contributed by atoms with Gasteiger partial charge in [-0.3, -0.25) is 0 Å². The first-order valence-electron chi connectivity index (χ1n) is 7.29. The van der Waals surface area contributed by atoms with Gasteiger partial charge in [-0.25, -0.2) is 13.1 Å². The highest BCUT2D eigenvalue weighted by molar-refractivity contribution is 7.89. The Bertz CT molecular complexity index is 608. The van der Waals surface area contributed by atoms with E-state index in [1.807, 2.05) is 26.8 Å². The predicted octanol–water partition coefficient (Wildman–Crippen LogP) is 1.61. The molecule has 118 valence electrons. The van der Waals surface area contributed by atoms with Crippen LogP contribution < -0.4 is 10.5 Å². The Kier molecular flexibility index (Phi) is 5.03. The summed E-state index contributed by atoms with van der Waals surface area (Å²) in [6.45, 7) is 6.60. The summed E-state index contributed by atoms with van der Waals surface area (Å²) in [5, 5.41) is 0. The van der Waals surface area contributed by atoms with Crippen molar-refractivity contribution in [2.45, 2.75) is 57.2 Å². The largest absolute Gasteiger partial charge is 0.377 e. The fourth-order valence-electron chi connectivity index (χ4n) is 2.68. The summed E-state index contributed by atoms with van der Waals surface area (Å²) in [5.41, 5.74) is 8.17. The van der Waals surface area contributed by atoms with Gasteiger partial charge in [0.15, 0.2) is 0 Å². The van der Waals surface area contributed by atoms with Crippen LogP contribution in [0, 0.1) is 13.8 Å². The van der Waals surface area contributed by atoms with Crippen LogP contribution in [-0.2, 0) is 21.3 Å². The quantitative estimate of drug-likeness (QED) is 0.865. The first kappa shape index (κ1) is 16.4. The van der Waals surface area contributed by atoms with Gasteiger partial charge in [-0.2, -0.15) is 0 Å². The fraction of sp³-hybridized carbons (Fsp3) is 0.600. The molecule has 1 heterocycles. The van der Waals surface area contributed by atoms with Gasteiger partial charge in [-0.05, 0) is 56.4 Å². The third-order valence-corrected chi connectivity index (χ3v) is 5.75. The molecule has 2 atom stereocenters. The summed E-state index contributed by atoms with van der Waals surface area (Å²) in [5.74, 6) is 0. The zero-order chi connectivity index (χ0) is 15.6. The lowest BCUT2D eigenvalue weighted by Gasteiger charge is -2.21. The highest BCUT2D eigenvalue weighted by atomic mass is 32.2. The molecule has 2 unspecified atom stereocenters. The highest BCUT2D eigenvalue weighted by Gasteiger charge is 2.28. The van der Waals surface area contributed by atoms with E-state index < -0.39 is 10.0 Å². The molecule has 0 amide bonds. The van der Waals surface area contributed by atoms with Gasteiger partial charge >= 0.3 is 0 Å². The zero-order valence-corrected chi connectivity index (χ0v) is 13.7. The Morgan fingerprint density at radius 3 is 2.71 bits per heavy atom. The molecule has 1 fully saturated rings. The normalized spacial score (nSPS) is 20.7. The molecular weight excluding hydrogens is 288 g/mol. The number of benzene rings is 1. The third kappa shape index (κ3) is 3.63. The first-order valence-corrected chi connectivity index (χ1v) is 8.77. The Hall–Kier alpha value is -0.950. The van der Waals surface area contributed by atoms with E-state index in [2.05, 4.69) is 4.72 Å². The molecule has 0 saturated carbocycles. The topological polar surface area (TPSA) is 81.4 Å². The van der Waals surface area contributed by atoms with E-state index in [1.54, 1.807) is 6.07 Å². The maximum atomic E-state index is 12.6. The maximum Gasteiger partial charge on any atom is 0.241 e. The van der Waals surface area contributed by atoms with Crippen molar-refractivity contribution in [3.8, 4) is 0 Å². The SMILES string of the molecule is Cc1cc(CN)cc(S(=O)(=O)NC(C)C2CCCO2)c1C. The average molecular weight is 312 g/mol. The van der Waals surface area contributed by atoms with Crippen molar-refractivity contribution in [1.82, 2.24) is 4.72 Å². The van der Waals surface area contributed by atoms with Crippen LogP contribution in [0.15, 0.2) is 17.0 Å². The van der Waals surface area contributed by atoms with Crippen LogP contribution in [0.4, 0.5) is 0 Å². The second kappa shape index (κ2) is 6.44. The molecule has 6 heteroatoms. The number of aryl methyl sites for hydroxylation is 1. The Balaban J connectivity index is 2.28. The molecular formula is C15H24N2O3S. The summed E-state index contributed by atoms with van der Waals surface area (Å²) >= 11 is 0. The van der Waals surface area contributed by atoms with Crippen molar-refractivity contribution < 1.29 is 13.2 Å². The van der Waals surface area contributed by atoms with Crippen LogP contribution in [0.3, 0.4) is 0 Å². The molecule has 21 heavy (non-hydrogen) atoms. The van der Waals surface area contributed by atoms with E-state index in [1.165, 1.54) is 0 Å². The van der Waals surface area contributed by atoms with Crippen LogP contribution in [-0.4, -0.2) is 27.2 Å². The summed E-state index contributed by atoms with van der Waals surface area (Å²) in [6, 6.07) is 3.35. The van der Waals surface area contributed by atoms with Crippen molar-refractivity contribution in [2.75, 3.05) is 6.61 Å². The van der Waals surface area contributed by atoms with Gasteiger partial charge in [0, 0.05) is 19.2 Å². The number of hydrogen-bond donors (Lipinski definition) is 2. The molecule has 0 spiro atoms. The predicted molar refractivity (Wildman–Crippen MR) is 82.6 cm³/mol. The minimum Gasteiger partial charge on any atom is -0.377 e. The average Bonchev–Trinajstić information content (AvgIpc) is 2.95. The van der Waals surface area contributed by atoms with Gasteiger partial charge in [-0.15, -0.1) is 0 Å². The lowest BCUT2D eigenvalue weighted by Crippen LogP contribution is -2.41. The van der Waals surface area contributed by atoms with Crippen LogP contribution in [0.5, 0.6) is 0 Å². The van der Waals surface area contributed by atoms with Gasteiger partial charge in [0.1, 0.15) is 0 Å². The molecule has 5 nitrogen and oxygen atoms in total. The Morgan fingerprint density at radius 1 is 1.43 bits per heavy atom. The molecule has 1 saturated heterocycles. The standard InChI is InChI=1S/C15H24N2O3S/c1-10-7-13(9-16)8-15(11(10)2)21(18,19)17-12(3)14-5-4-6-20-14/h7-8,12,14,17H,4-6,9,16H2,1-3H3. The lowest BCUT2D eigenvalue weighted by atomic mass is 10.1. The van der Waals surface area contributed by atoms with Gasteiger partial charge < -0.3 is 10.5 Å². The van der Waals surface area contributed by atoms with Gasteiger partial charge in [0.2, 0.25) is 10.0 Å². The molecule has 3 N–H and O–H groups in total. The minimum atomic E-state index is -3.57. The molecule has 0 bridgehead atoms. The van der Waals surface area contributed by atoms with Gasteiger partial charge in [0.25, 0.3) is 0 Å². The monoisotopic (exact) mass is 312 g/mol. The van der Waals surface area contributed by atoms with Gasteiger partial charge in [-0.1, -0.05) is 6.07 Å². The number of nitrogens with one attached hydrogen (secondary N) is 1. The summed E-state index contributed by atoms with van der Waals surface area (Å²) in [6.07, 6.45) is 1.83. The molecule has 0 aromatic heterocycles. The van der Waals surface area contributed by atoms with E-state index in [-0.39, 0.29) is 12.1 Å². The van der Waals surface area contributed by atoms with Crippen molar-refractivity contribution in [3.63, 3.8) is 0 Å². The molecule has 0 aliphatic carbocycles. The minimum absolute atomic E-state index is 0.0427. The van der Waals surface area contributed by atoms with Crippen LogP contribution in [0.25, 0.3) is 0 Å². The molecule has 1 aliphatic rings. The number of ether oxygens (including phenoxy) is 1. The Morgan fingerprint density at radius 2 is 2.14 bits per heavy atom. The molecule has 1 aromatic rings. The van der Waals surface area contributed by atoms with E-state index in [0.717, 1.165) is 29.5 Å². The second-order valence-corrected chi connectivity index (χ2v) is 7.38. The maximum absolute atomic E-state index is 12.6. The Labute approximate surface area is 126 Å². The van der Waals surface area contributed by atoms with E-state index in [9.17, 15) is 8.42 Å². The van der Waals surface area contributed by atoms with Crippen LogP contribution >= 0.6 is 0 Å². The van der Waals surface area contributed by atoms with E-state index in [0.29, 0.717) is 18.0 Å². The number of nitrogens with two attached hydrogens (primary N) is 1. The smallest absolute Gasteiger partial charge is 0.241 e. The molecule has 1 aromatic carbocycles. The van der Waals surface area contributed by atoms with Crippen molar-refractivity contribution in [3.05, 3.63) is 28.8 Å². The molecule has 1 aliphatic heterocycles. The number of hydrogen-bond acceptors (Lipinski definition) is 4. The van der Waals surface area contributed by atoms with Crippen molar-refractivity contribution >= 4 is 10.0 Å².